The van der Waals surface area contributed by atoms with E-state index < -0.39 is 10.0 Å². The third-order valence-electron chi connectivity index (χ3n) is 2.39. The van der Waals surface area contributed by atoms with Gasteiger partial charge in [-0.1, -0.05) is 46.3 Å². The fourth-order valence-corrected chi connectivity index (χ4v) is 3.00. The molecule has 0 saturated heterocycles. The highest BCUT2D eigenvalue weighted by atomic mass is 79.9. The van der Waals surface area contributed by atoms with Gasteiger partial charge in [-0.25, -0.2) is 12.7 Å². The maximum Gasteiger partial charge on any atom is 0.223 e. The molecule has 0 amide bonds. The minimum atomic E-state index is -3.10. The molecule has 0 saturated carbocycles. The van der Waals surface area contributed by atoms with Crippen molar-refractivity contribution in [3.05, 3.63) is 35.9 Å². The summed E-state index contributed by atoms with van der Waals surface area (Å²) in [4.78, 5) is 0. The monoisotopic (exact) mass is 305 g/mol. The Morgan fingerprint density at radius 1 is 1.25 bits per heavy atom. The molecule has 0 unspecified atom stereocenters. The Balaban J connectivity index is 2.37. The molecule has 0 radical (unpaired) electrons. The number of rotatable bonds is 6. The van der Waals surface area contributed by atoms with Crippen LogP contribution in [0.1, 0.15) is 12.0 Å². The van der Waals surface area contributed by atoms with Crippen molar-refractivity contribution in [1.82, 2.24) is 4.31 Å². The van der Waals surface area contributed by atoms with Gasteiger partial charge < -0.3 is 0 Å². The molecule has 5 heteroatoms. The third kappa shape index (κ3) is 4.23. The fraction of sp³-hybridized carbons (Fsp3) is 0.455. The summed E-state index contributed by atoms with van der Waals surface area (Å²) < 4.78 is 24.2. The second-order valence-corrected chi connectivity index (χ2v) is 7.01. The normalized spacial score (nSPS) is 11.9. The summed E-state index contributed by atoms with van der Waals surface area (Å²) in [7, 11) is -1.49. The quantitative estimate of drug-likeness (QED) is 0.756. The maximum absolute atomic E-state index is 11.4. The van der Waals surface area contributed by atoms with Crippen LogP contribution in [0.5, 0.6) is 0 Å². The van der Waals surface area contributed by atoms with E-state index in [2.05, 4.69) is 28.1 Å². The highest BCUT2D eigenvalue weighted by molar-refractivity contribution is 9.10. The smallest absolute Gasteiger partial charge is 0.211 e. The predicted octanol–water partition coefficient (Wildman–Crippen LogP) is 2.23. The average Bonchev–Trinajstić information content (AvgIpc) is 2.30. The number of nitrogens with zero attached hydrogens (tertiary/aromatic N) is 1. The maximum atomic E-state index is 11.4. The molecule has 0 bridgehead atoms. The van der Waals surface area contributed by atoms with Crippen molar-refractivity contribution in [1.29, 1.82) is 0 Å². The van der Waals surface area contributed by atoms with E-state index in [4.69, 9.17) is 0 Å². The highest BCUT2D eigenvalue weighted by Gasteiger charge is 2.14. The molecule has 1 aromatic carbocycles. The van der Waals surface area contributed by atoms with Gasteiger partial charge in [0.05, 0.1) is 0 Å². The van der Waals surface area contributed by atoms with Crippen LogP contribution in [0.3, 0.4) is 0 Å². The molecule has 0 aromatic heterocycles. The van der Waals surface area contributed by atoms with E-state index >= 15 is 0 Å². The van der Waals surface area contributed by atoms with E-state index in [0.29, 0.717) is 6.54 Å². The summed E-state index contributed by atoms with van der Waals surface area (Å²) in [5, 5.41) is 0. The van der Waals surface area contributed by atoms with Crippen molar-refractivity contribution >= 4 is 26.0 Å². The molecule has 0 aliphatic rings. The van der Waals surface area contributed by atoms with Gasteiger partial charge in [0.25, 0.3) is 0 Å². The van der Waals surface area contributed by atoms with Crippen LogP contribution in [-0.4, -0.2) is 31.0 Å². The predicted molar refractivity (Wildman–Crippen MR) is 70.1 cm³/mol. The van der Waals surface area contributed by atoms with Crippen LogP contribution >= 0.6 is 15.9 Å². The van der Waals surface area contributed by atoms with Crippen molar-refractivity contribution in [3.8, 4) is 0 Å². The number of hydrogen-bond donors (Lipinski definition) is 0. The summed E-state index contributed by atoms with van der Waals surface area (Å²) in [5.41, 5.74) is 1.24. The molecule has 0 N–H and O–H groups in total. The van der Waals surface area contributed by atoms with Gasteiger partial charge in [0, 0.05) is 13.6 Å². The van der Waals surface area contributed by atoms with E-state index in [1.807, 2.05) is 18.2 Å². The molecule has 1 rings (SSSR count). The van der Waals surface area contributed by atoms with Gasteiger partial charge in [-0.3, -0.25) is 0 Å². The topological polar surface area (TPSA) is 37.4 Å². The standard InChI is InChI=1S/C11H16BrNO2S/c1-13(16(14,15)10-12)9-5-8-11-6-3-2-4-7-11/h2-4,6-7H,5,8-10H2,1H3. The lowest BCUT2D eigenvalue weighted by Crippen LogP contribution is -2.28. The second kappa shape index (κ2) is 6.37. The first kappa shape index (κ1) is 13.7. The summed E-state index contributed by atoms with van der Waals surface area (Å²) in [6.45, 7) is 0.558. The zero-order valence-corrected chi connectivity index (χ0v) is 11.7. The first-order valence-corrected chi connectivity index (χ1v) is 7.83. The van der Waals surface area contributed by atoms with Crippen molar-refractivity contribution in [2.75, 3.05) is 18.3 Å². The third-order valence-corrected chi connectivity index (χ3v) is 5.54. The molecule has 3 nitrogen and oxygen atoms in total. The molecule has 0 spiro atoms. The van der Waals surface area contributed by atoms with Crippen LogP contribution in [0.4, 0.5) is 0 Å². The van der Waals surface area contributed by atoms with E-state index in [0.717, 1.165) is 12.8 Å². The Kier molecular flexibility index (Phi) is 5.44. The van der Waals surface area contributed by atoms with Gasteiger partial charge >= 0.3 is 0 Å². The van der Waals surface area contributed by atoms with Gasteiger partial charge in [-0.2, -0.15) is 0 Å². The zero-order valence-electron chi connectivity index (χ0n) is 9.27. The molecule has 0 aliphatic heterocycles. The molecule has 90 valence electrons. The molecule has 16 heavy (non-hydrogen) atoms. The van der Waals surface area contributed by atoms with Crippen LogP contribution in [0.25, 0.3) is 0 Å². The van der Waals surface area contributed by atoms with Crippen LogP contribution in [-0.2, 0) is 16.4 Å². The molecule has 0 fully saturated rings. The molecule has 0 aliphatic carbocycles. The van der Waals surface area contributed by atoms with E-state index in [9.17, 15) is 8.42 Å². The summed E-state index contributed by atoms with van der Waals surface area (Å²) in [6, 6.07) is 10.1. The lowest BCUT2D eigenvalue weighted by atomic mass is 10.1. The Morgan fingerprint density at radius 3 is 2.44 bits per heavy atom. The number of halogens is 1. The Bertz CT molecular complexity index is 405. The lowest BCUT2D eigenvalue weighted by molar-refractivity contribution is 0.465. The van der Waals surface area contributed by atoms with Crippen molar-refractivity contribution in [3.63, 3.8) is 0 Å². The van der Waals surface area contributed by atoms with E-state index in [1.165, 1.54) is 9.87 Å². The van der Waals surface area contributed by atoms with Crippen LogP contribution < -0.4 is 0 Å². The van der Waals surface area contributed by atoms with Crippen molar-refractivity contribution in [2.45, 2.75) is 12.8 Å². The SMILES string of the molecule is CN(CCCc1ccccc1)S(=O)(=O)CBr. The summed E-state index contributed by atoms with van der Waals surface area (Å²) in [5.74, 6) is 0. The van der Waals surface area contributed by atoms with Crippen LogP contribution in [0.15, 0.2) is 30.3 Å². The van der Waals surface area contributed by atoms with E-state index in [1.54, 1.807) is 7.05 Å². The number of hydrogen-bond acceptors (Lipinski definition) is 2. The van der Waals surface area contributed by atoms with Crippen molar-refractivity contribution < 1.29 is 8.42 Å². The molecule has 0 heterocycles. The van der Waals surface area contributed by atoms with Crippen LogP contribution in [0, 0.1) is 0 Å². The number of sulfonamides is 1. The summed E-state index contributed by atoms with van der Waals surface area (Å²) >= 11 is 2.98. The van der Waals surface area contributed by atoms with Gasteiger partial charge in [0.1, 0.15) is 4.66 Å². The van der Waals surface area contributed by atoms with Gasteiger partial charge in [-0.15, -0.1) is 0 Å². The first-order valence-electron chi connectivity index (χ1n) is 5.10. The minimum absolute atomic E-state index is 0.0121. The van der Waals surface area contributed by atoms with Gasteiger partial charge in [-0.05, 0) is 18.4 Å². The van der Waals surface area contributed by atoms with Gasteiger partial charge in [0.2, 0.25) is 10.0 Å². The molecule has 0 atom stereocenters. The first-order chi connectivity index (χ1) is 7.56. The largest absolute Gasteiger partial charge is 0.223 e. The number of benzene rings is 1. The van der Waals surface area contributed by atoms with Crippen molar-refractivity contribution in [2.24, 2.45) is 0 Å². The molecular formula is C11H16BrNO2S. The van der Waals surface area contributed by atoms with Gasteiger partial charge in [0.15, 0.2) is 0 Å². The fourth-order valence-electron chi connectivity index (χ4n) is 1.37. The Labute approximate surface area is 106 Å². The molecular weight excluding hydrogens is 290 g/mol. The second-order valence-electron chi connectivity index (χ2n) is 3.63. The number of alkyl halides is 1. The van der Waals surface area contributed by atoms with Crippen LogP contribution in [0.2, 0.25) is 0 Å². The minimum Gasteiger partial charge on any atom is -0.211 e. The average molecular weight is 306 g/mol. The highest BCUT2D eigenvalue weighted by Crippen LogP contribution is 2.06. The summed E-state index contributed by atoms with van der Waals surface area (Å²) in [6.07, 6.45) is 1.75. The number of aryl methyl sites for hydroxylation is 1. The zero-order chi connectivity index (χ0) is 12.0. The Hall–Kier alpha value is -0.390. The Morgan fingerprint density at radius 2 is 1.88 bits per heavy atom. The van der Waals surface area contributed by atoms with E-state index in [-0.39, 0.29) is 4.66 Å². The lowest BCUT2D eigenvalue weighted by Gasteiger charge is -2.14. The molecule has 1 aromatic rings.